The van der Waals surface area contributed by atoms with Gasteiger partial charge in [0.05, 0.1) is 10.9 Å². The molecule has 1 aromatic carbocycles. The van der Waals surface area contributed by atoms with Gasteiger partial charge in [0.1, 0.15) is 0 Å². The van der Waals surface area contributed by atoms with Crippen molar-refractivity contribution in [3.63, 3.8) is 0 Å². The van der Waals surface area contributed by atoms with Crippen LogP contribution in [0.3, 0.4) is 0 Å². The molecule has 0 saturated heterocycles. The molecule has 0 saturated carbocycles. The summed E-state index contributed by atoms with van der Waals surface area (Å²) in [5, 5.41) is 12.0. The van der Waals surface area contributed by atoms with E-state index in [2.05, 4.69) is 20.9 Å². The highest BCUT2D eigenvalue weighted by atomic mass is 79.9. The van der Waals surface area contributed by atoms with E-state index in [0.29, 0.717) is 12.8 Å². The molecule has 1 atom stereocenters. The Labute approximate surface area is 118 Å². The fourth-order valence-electron chi connectivity index (χ4n) is 1.74. The van der Waals surface area contributed by atoms with E-state index in [1.807, 2.05) is 29.6 Å². The Balaban J connectivity index is 2.12. The van der Waals surface area contributed by atoms with E-state index in [4.69, 9.17) is 0 Å². The van der Waals surface area contributed by atoms with Crippen molar-refractivity contribution < 1.29 is 9.90 Å². The van der Waals surface area contributed by atoms with E-state index in [0.717, 1.165) is 15.0 Å². The SMILES string of the molecule is O=C(O)C(Cc1nccs1)Cc1ccccc1Br. The van der Waals surface area contributed by atoms with Gasteiger partial charge in [0.15, 0.2) is 0 Å². The van der Waals surface area contributed by atoms with Crippen LogP contribution in [0.5, 0.6) is 0 Å². The lowest BCUT2D eigenvalue weighted by Crippen LogP contribution is -2.19. The number of rotatable bonds is 5. The maximum absolute atomic E-state index is 11.3. The first-order valence-corrected chi connectivity index (χ1v) is 7.18. The second-order valence-electron chi connectivity index (χ2n) is 3.96. The van der Waals surface area contributed by atoms with Crippen molar-refractivity contribution in [2.24, 2.45) is 5.92 Å². The number of thiazole rings is 1. The molecule has 0 amide bonds. The van der Waals surface area contributed by atoms with Crippen LogP contribution in [0, 0.1) is 5.92 Å². The molecule has 0 fully saturated rings. The quantitative estimate of drug-likeness (QED) is 0.916. The maximum atomic E-state index is 11.3. The second kappa shape index (κ2) is 6.11. The van der Waals surface area contributed by atoms with Crippen LogP contribution in [0.15, 0.2) is 40.3 Å². The minimum atomic E-state index is -0.777. The summed E-state index contributed by atoms with van der Waals surface area (Å²) in [6, 6.07) is 7.71. The van der Waals surface area contributed by atoms with Crippen molar-refractivity contribution in [3.05, 3.63) is 50.9 Å². The summed E-state index contributed by atoms with van der Waals surface area (Å²) in [6.45, 7) is 0. The summed E-state index contributed by atoms with van der Waals surface area (Å²) in [4.78, 5) is 15.4. The van der Waals surface area contributed by atoms with Crippen molar-refractivity contribution in [1.29, 1.82) is 0 Å². The molecular weight excluding hydrogens is 314 g/mol. The third-order valence-corrected chi connectivity index (χ3v) is 4.25. The molecule has 2 aromatic rings. The number of carboxylic acid groups (broad SMARTS) is 1. The van der Waals surface area contributed by atoms with E-state index < -0.39 is 11.9 Å². The first kappa shape index (κ1) is 13.2. The molecule has 5 heteroatoms. The second-order valence-corrected chi connectivity index (χ2v) is 5.79. The fraction of sp³-hybridized carbons (Fsp3) is 0.231. The Morgan fingerprint density at radius 3 is 2.78 bits per heavy atom. The molecule has 0 spiro atoms. The Morgan fingerprint density at radius 1 is 1.39 bits per heavy atom. The smallest absolute Gasteiger partial charge is 0.307 e. The van der Waals surface area contributed by atoms with Crippen molar-refractivity contribution >= 4 is 33.2 Å². The molecular formula is C13H12BrNO2S. The summed E-state index contributed by atoms with van der Waals surface area (Å²) in [5.74, 6) is -1.21. The molecule has 1 unspecified atom stereocenters. The topological polar surface area (TPSA) is 50.2 Å². The lowest BCUT2D eigenvalue weighted by molar-refractivity contribution is -0.141. The van der Waals surface area contributed by atoms with Gasteiger partial charge >= 0.3 is 5.97 Å². The van der Waals surface area contributed by atoms with Gasteiger partial charge in [-0.3, -0.25) is 4.79 Å². The van der Waals surface area contributed by atoms with E-state index in [9.17, 15) is 9.90 Å². The molecule has 0 aliphatic carbocycles. The van der Waals surface area contributed by atoms with Crippen molar-refractivity contribution in [2.75, 3.05) is 0 Å². The van der Waals surface area contributed by atoms with Crippen LogP contribution in [-0.2, 0) is 17.6 Å². The first-order chi connectivity index (χ1) is 8.66. The fourth-order valence-corrected chi connectivity index (χ4v) is 2.89. The number of carbonyl (C=O) groups is 1. The van der Waals surface area contributed by atoms with Crippen LogP contribution >= 0.6 is 27.3 Å². The molecule has 1 N–H and O–H groups in total. The molecule has 0 aliphatic rings. The molecule has 1 heterocycles. The van der Waals surface area contributed by atoms with Gasteiger partial charge in [-0.25, -0.2) is 4.98 Å². The van der Waals surface area contributed by atoms with Gasteiger partial charge in [0.25, 0.3) is 0 Å². The zero-order valence-corrected chi connectivity index (χ0v) is 11.9. The number of aromatic nitrogens is 1. The van der Waals surface area contributed by atoms with Crippen LogP contribution in [0.2, 0.25) is 0 Å². The number of carboxylic acids is 1. The van der Waals surface area contributed by atoms with Crippen LogP contribution in [0.25, 0.3) is 0 Å². The molecule has 3 nitrogen and oxygen atoms in total. The average molecular weight is 326 g/mol. The van der Waals surface area contributed by atoms with Crippen LogP contribution in [0.1, 0.15) is 10.6 Å². The van der Waals surface area contributed by atoms with Crippen LogP contribution < -0.4 is 0 Å². The molecule has 0 bridgehead atoms. The zero-order chi connectivity index (χ0) is 13.0. The molecule has 18 heavy (non-hydrogen) atoms. The third kappa shape index (κ3) is 3.40. The largest absolute Gasteiger partial charge is 0.481 e. The molecule has 0 radical (unpaired) electrons. The van der Waals surface area contributed by atoms with Gasteiger partial charge in [0, 0.05) is 22.5 Å². The summed E-state index contributed by atoms with van der Waals surface area (Å²) in [6.07, 6.45) is 2.70. The van der Waals surface area contributed by atoms with Gasteiger partial charge < -0.3 is 5.11 Å². The first-order valence-electron chi connectivity index (χ1n) is 5.51. The van der Waals surface area contributed by atoms with Crippen LogP contribution in [0.4, 0.5) is 0 Å². The number of hydrogen-bond donors (Lipinski definition) is 1. The number of aliphatic carboxylic acids is 1. The summed E-state index contributed by atoms with van der Waals surface area (Å²) < 4.78 is 0.954. The summed E-state index contributed by atoms with van der Waals surface area (Å²) >= 11 is 4.94. The van der Waals surface area contributed by atoms with Gasteiger partial charge in [-0.15, -0.1) is 11.3 Å². The lowest BCUT2D eigenvalue weighted by atomic mass is 9.96. The van der Waals surface area contributed by atoms with Crippen LogP contribution in [-0.4, -0.2) is 16.1 Å². The predicted octanol–water partition coefficient (Wildman–Crippen LogP) is 3.39. The average Bonchev–Trinajstić information content (AvgIpc) is 2.83. The lowest BCUT2D eigenvalue weighted by Gasteiger charge is -2.12. The monoisotopic (exact) mass is 325 g/mol. The van der Waals surface area contributed by atoms with Crippen molar-refractivity contribution in [1.82, 2.24) is 4.98 Å². The van der Waals surface area contributed by atoms with Gasteiger partial charge in [0.2, 0.25) is 0 Å². The Bertz CT molecular complexity index is 528. The van der Waals surface area contributed by atoms with Gasteiger partial charge in [-0.1, -0.05) is 34.1 Å². The van der Waals surface area contributed by atoms with Gasteiger partial charge in [-0.2, -0.15) is 0 Å². The number of benzene rings is 1. The molecule has 94 valence electrons. The predicted molar refractivity (Wildman–Crippen MR) is 74.8 cm³/mol. The highest BCUT2D eigenvalue weighted by molar-refractivity contribution is 9.10. The number of hydrogen-bond acceptors (Lipinski definition) is 3. The zero-order valence-electron chi connectivity index (χ0n) is 9.54. The van der Waals surface area contributed by atoms with E-state index in [1.165, 1.54) is 11.3 Å². The van der Waals surface area contributed by atoms with Crippen molar-refractivity contribution in [2.45, 2.75) is 12.8 Å². The molecule has 0 aliphatic heterocycles. The Kier molecular flexibility index (Phi) is 4.49. The summed E-state index contributed by atoms with van der Waals surface area (Å²) in [7, 11) is 0. The maximum Gasteiger partial charge on any atom is 0.307 e. The van der Waals surface area contributed by atoms with E-state index in [-0.39, 0.29) is 0 Å². The Hall–Kier alpha value is -1.20. The highest BCUT2D eigenvalue weighted by Crippen LogP contribution is 2.22. The third-order valence-electron chi connectivity index (χ3n) is 2.68. The minimum absolute atomic E-state index is 0.435. The van der Waals surface area contributed by atoms with Crippen molar-refractivity contribution in [3.8, 4) is 0 Å². The van der Waals surface area contributed by atoms with Gasteiger partial charge in [-0.05, 0) is 18.1 Å². The standard InChI is InChI=1S/C13H12BrNO2S/c14-11-4-2-1-3-9(11)7-10(13(16)17)8-12-15-5-6-18-12/h1-6,10H,7-8H2,(H,16,17). The van der Waals surface area contributed by atoms with E-state index >= 15 is 0 Å². The number of halogens is 1. The molecule has 2 rings (SSSR count). The Morgan fingerprint density at radius 2 is 2.17 bits per heavy atom. The number of nitrogens with zero attached hydrogens (tertiary/aromatic N) is 1. The van der Waals surface area contributed by atoms with E-state index in [1.54, 1.807) is 6.20 Å². The summed E-state index contributed by atoms with van der Waals surface area (Å²) in [5.41, 5.74) is 1.02. The minimum Gasteiger partial charge on any atom is -0.481 e. The normalized spacial score (nSPS) is 12.3. The molecule has 1 aromatic heterocycles. The highest BCUT2D eigenvalue weighted by Gasteiger charge is 2.20.